The van der Waals surface area contributed by atoms with Crippen molar-refractivity contribution in [2.45, 2.75) is 19.0 Å². The summed E-state index contributed by atoms with van der Waals surface area (Å²) < 4.78 is 54.1. The Kier molecular flexibility index (Phi) is 7.37. The maximum absolute atomic E-state index is 12.7. The van der Waals surface area contributed by atoms with Crippen LogP contribution in [0.25, 0.3) is 0 Å². The number of nitro groups is 1. The number of benzene rings is 2. The monoisotopic (exact) mass is 413 g/mol. The molecule has 0 radical (unpaired) electrons. The molecule has 0 saturated heterocycles. The Balaban J connectivity index is 1.84. The molecule has 0 atom stereocenters. The summed E-state index contributed by atoms with van der Waals surface area (Å²) in [4.78, 5) is 22.0. The fourth-order valence-electron chi connectivity index (χ4n) is 2.03. The summed E-state index contributed by atoms with van der Waals surface area (Å²) in [5.41, 5.74) is 3.35. The van der Waals surface area contributed by atoms with E-state index in [9.17, 15) is 32.5 Å². The number of nitro benzene ring substituents is 1. The minimum absolute atomic E-state index is 0.0758. The lowest BCUT2D eigenvalue weighted by molar-refractivity contribution is -0.384. The van der Waals surface area contributed by atoms with Gasteiger partial charge in [0.2, 0.25) is 0 Å². The standard InChI is InChI=1S/C18H15F4N3O4/c19-17(20)18(21,22)11-29-10-13-1-5-14(6-2-13)16(26)24-23-9-12-3-7-15(8-4-12)25(27)28/h1-9,17H,10-11H2,(H,24,26). The molecular weight excluding hydrogens is 398 g/mol. The Morgan fingerprint density at radius 2 is 1.79 bits per heavy atom. The number of alkyl halides is 4. The molecule has 29 heavy (non-hydrogen) atoms. The minimum atomic E-state index is -4.22. The summed E-state index contributed by atoms with van der Waals surface area (Å²) >= 11 is 0. The Morgan fingerprint density at radius 1 is 1.17 bits per heavy atom. The summed E-state index contributed by atoms with van der Waals surface area (Å²) in [6.45, 7) is -1.73. The predicted molar refractivity (Wildman–Crippen MR) is 95.2 cm³/mol. The minimum Gasteiger partial charge on any atom is -0.370 e. The first-order valence-electron chi connectivity index (χ1n) is 8.09. The molecule has 0 aliphatic rings. The van der Waals surface area contributed by atoms with Crippen LogP contribution in [0, 0.1) is 10.1 Å². The van der Waals surface area contributed by atoms with Gasteiger partial charge in [0.1, 0.15) is 6.61 Å². The molecule has 154 valence electrons. The van der Waals surface area contributed by atoms with Crippen LogP contribution in [0.5, 0.6) is 0 Å². The lowest BCUT2D eigenvalue weighted by atomic mass is 10.1. The molecular formula is C18H15F4N3O4. The van der Waals surface area contributed by atoms with E-state index in [1.165, 1.54) is 54.7 Å². The van der Waals surface area contributed by atoms with Crippen molar-refractivity contribution in [3.63, 3.8) is 0 Å². The van der Waals surface area contributed by atoms with Crippen LogP contribution in [0.1, 0.15) is 21.5 Å². The summed E-state index contributed by atoms with van der Waals surface area (Å²) in [6.07, 6.45) is -2.51. The second-order valence-corrected chi connectivity index (χ2v) is 5.80. The molecule has 2 rings (SSSR count). The molecule has 0 fully saturated rings. The molecule has 0 heterocycles. The van der Waals surface area contributed by atoms with Crippen molar-refractivity contribution in [2.24, 2.45) is 5.10 Å². The van der Waals surface area contributed by atoms with Gasteiger partial charge < -0.3 is 4.74 Å². The van der Waals surface area contributed by atoms with E-state index in [1.54, 1.807) is 0 Å². The van der Waals surface area contributed by atoms with Gasteiger partial charge in [-0.1, -0.05) is 12.1 Å². The highest BCUT2D eigenvalue weighted by Crippen LogP contribution is 2.23. The van der Waals surface area contributed by atoms with E-state index in [0.29, 0.717) is 11.1 Å². The van der Waals surface area contributed by atoms with Crippen LogP contribution in [0.15, 0.2) is 53.6 Å². The van der Waals surface area contributed by atoms with Crippen molar-refractivity contribution >= 4 is 17.8 Å². The second-order valence-electron chi connectivity index (χ2n) is 5.80. The van der Waals surface area contributed by atoms with E-state index in [0.717, 1.165) is 0 Å². The SMILES string of the molecule is O=C(NN=Cc1ccc([N+](=O)[O-])cc1)c1ccc(COCC(F)(F)C(F)F)cc1. The van der Waals surface area contributed by atoms with E-state index >= 15 is 0 Å². The van der Waals surface area contributed by atoms with Crippen LogP contribution >= 0.6 is 0 Å². The summed E-state index contributed by atoms with van der Waals surface area (Å²) in [5.74, 6) is -4.78. The Hall–Kier alpha value is -3.34. The van der Waals surface area contributed by atoms with E-state index in [4.69, 9.17) is 0 Å². The summed E-state index contributed by atoms with van der Waals surface area (Å²) in [6, 6.07) is 11.1. The van der Waals surface area contributed by atoms with Crippen LogP contribution in [0.4, 0.5) is 23.2 Å². The van der Waals surface area contributed by atoms with Crippen LogP contribution in [0.3, 0.4) is 0 Å². The van der Waals surface area contributed by atoms with Gasteiger partial charge in [0.05, 0.1) is 17.7 Å². The molecule has 0 spiro atoms. The number of halogens is 4. The predicted octanol–water partition coefficient (Wildman–Crippen LogP) is 3.78. The number of rotatable bonds is 9. The number of amides is 1. The van der Waals surface area contributed by atoms with E-state index < -0.39 is 29.8 Å². The zero-order chi connectivity index (χ0) is 21.4. The summed E-state index contributed by atoms with van der Waals surface area (Å²) in [5, 5.41) is 14.3. The number of hydrazone groups is 1. The Bertz CT molecular complexity index is 872. The molecule has 0 saturated carbocycles. The van der Waals surface area contributed by atoms with Gasteiger partial charge in [-0.2, -0.15) is 13.9 Å². The molecule has 1 N–H and O–H groups in total. The number of hydrogen-bond donors (Lipinski definition) is 1. The van der Waals surface area contributed by atoms with Gasteiger partial charge in [-0.3, -0.25) is 14.9 Å². The van der Waals surface area contributed by atoms with Crippen LogP contribution in [-0.2, 0) is 11.3 Å². The first-order valence-corrected chi connectivity index (χ1v) is 8.09. The van der Waals surface area contributed by atoms with Gasteiger partial charge in [0, 0.05) is 17.7 Å². The maximum atomic E-state index is 12.7. The van der Waals surface area contributed by atoms with Crippen molar-refractivity contribution in [2.75, 3.05) is 6.61 Å². The van der Waals surface area contributed by atoms with Crippen molar-refractivity contribution < 1.29 is 32.0 Å². The molecule has 0 unspecified atom stereocenters. The van der Waals surface area contributed by atoms with Gasteiger partial charge in [-0.15, -0.1) is 0 Å². The molecule has 0 bridgehead atoms. The van der Waals surface area contributed by atoms with Gasteiger partial charge in [-0.05, 0) is 35.4 Å². The van der Waals surface area contributed by atoms with Crippen LogP contribution in [0.2, 0.25) is 0 Å². The third-order valence-electron chi connectivity index (χ3n) is 3.58. The maximum Gasteiger partial charge on any atom is 0.330 e. The third-order valence-corrected chi connectivity index (χ3v) is 3.58. The van der Waals surface area contributed by atoms with Gasteiger partial charge in [0.25, 0.3) is 11.6 Å². The van der Waals surface area contributed by atoms with Gasteiger partial charge in [0.15, 0.2) is 0 Å². The second kappa shape index (κ2) is 9.73. The van der Waals surface area contributed by atoms with E-state index in [2.05, 4.69) is 15.3 Å². The number of carbonyl (C=O) groups is 1. The largest absolute Gasteiger partial charge is 0.370 e. The third kappa shape index (κ3) is 6.64. The normalized spacial score (nSPS) is 11.8. The smallest absolute Gasteiger partial charge is 0.330 e. The van der Waals surface area contributed by atoms with E-state index in [-0.39, 0.29) is 17.9 Å². The molecule has 0 aliphatic heterocycles. The molecule has 2 aromatic rings. The van der Waals surface area contributed by atoms with Crippen molar-refractivity contribution in [3.05, 3.63) is 75.3 Å². The number of ether oxygens (including phenoxy) is 1. The molecule has 7 nitrogen and oxygen atoms in total. The fraction of sp³-hybridized carbons (Fsp3) is 0.222. The number of hydrogen-bond acceptors (Lipinski definition) is 5. The van der Waals surface area contributed by atoms with Gasteiger partial charge >= 0.3 is 12.3 Å². The number of nitrogens with zero attached hydrogens (tertiary/aromatic N) is 2. The molecule has 1 amide bonds. The summed E-state index contributed by atoms with van der Waals surface area (Å²) in [7, 11) is 0. The molecule has 2 aromatic carbocycles. The topological polar surface area (TPSA) is 93.8 Å². The first kappa shape index (κ1) is 22.0. The first-order chi connectivity index (χ1) is 13.7. The Labute approximate surface area is 162 Å². The average molecular weight is 413 g/mol. The molecule has 11 heteroatoms. The molecule has 0 aliphatic carbocycles. The van der Waals surface area contributed by atoms with Crippen molar-refractivity contribution in [3.8, 4) is 0 Å². The molecule has 0 aromatic heterocycles. The van der Waals surface area contributed by atoms with Crippen LogP contribution < -0.4 is 5.43 Å². The number of carbonyl (C=O) groups excluding carboxylic acids is 1. The van der Waals surface area contributed by atoms with Crippen molar-refractivity contribution in [1.29, 1.82) is 0 Å². The Morgan fingerprint density at radius 3 is 2.34 bits per heavy atom. The quantitative estimate of drug-likeness (QED) is 0.293. The lowest BCUT2D eigenvalue weighted by Crippen LogP contribution is -2.32. The zero-order valence-electron chi connectivity index (χ0n) is 14.7. The zero-order valence-corrected chi connectivity index (χ0v) is 14.7. The van der Waals surface area contributed by atoms with E-state index in [1.807, 2.05) is 0 Å². The highest BCUT2D eigenvalue weighted by molar-refractivity contribution is 5.94. The highest BCUT2D eigenvalue weighted by atomic mass is 19.3. The fourth-order valence-corrected chi connectivity index (χ4v) is 2.03. The van der Waals surface area contributed by atoms with Crippen LogP contribution in [-0.4, -0.2) is 36.0 Å². The number of nitrogens with one attached hydrogen (secondary N) is 1. The highest BCUT2D eigenvalue weighted by Gasteiger charge is 2.40. The van der Waals surface area contributed by atoms with Crippen molar-refractivity contribution in [1.82, 2.24) is 5.43 Å². The lowest BCUT2D eigenvalue weighted by Gasteiger charge is -2.15. The average Bonchev–Trinajstić information content (AvgIpc) is 2.68. The van der Waals surface area contributed by atoms with Gasteiger partial charge in [-0.25, -0.2) is 14.2 Å². The number of non-ortho nitro benzene ring substituents is 1.